The molecule has 0 aliphatic carbocycles. The van der Waals surface area contributed by atoms with E-state index in [9.17, 15) is 92.7 Å². The van der Waals surface area contributed by atoms with Crippen LogP contribution >= 0.6 is 0 Å². The van der Waals surface area contributed by atoms with Gasteiger partial charge in [0.15, 0.2) is 12.2 Å². The van der Waals surface area contributed by atoms with E-state index in [-0.39, 0.29) is 44.1 Å². The molecule has 1 aliphatic heterocycles. The van der Waals surface area contributed by atoms with Crippen molar-refractivity contribution in [1.82, 2.24) is 57.7 Å². The van der Waals surface area contributed by atoms with Gasteiger partial charge in [0.25, 0.3) is 5.91 Å². The maximum atomic E-state index is 15.2. The van der Waals surface area contributed by atoms with Gasteiger partial charge in [0.1, 0.15) is 72.6 Å². The normalized spacial score (nSPS) is 24.4. The van der Waals surface area contributed by atoms with E-state index in [1.807, 2.05) is 13.8 Å². The van der Waals surface area contributed by atoms with Gasteiger partial charge < -0.3 is 127 Å². The Balaban J connectivity index is 4.50. The summed E-state index contributed by atoms with van der Waals surface area (Å²) in [4.78, 5) is 228. The molecule has 0 radical (unpaired) electrons. The van der Waals surface area contributed by atoms with Crippen molar-refractivity contribution in [3.8, 4) is 0 Å². The first-order chi connectivity index (χ1) is 50.4. The van der Waals surface area contributed by atoms with Crippen LogP contribution in [0.1, 0.15) is 155 Å². The summed E-state index contributed by atoms with van der Waals surface area (Å²) in [6.45, 7) is 19.4. The summed E-state index contributed by atoms with van der Waals surface area (Å²) < 4.78 is 11.1. The van der Waals surface area contributed by atoms with Gasteiger partial charge in [-0.3, -0.25) is 71.9 Å². The Morgan fingerprint density at radius 1 is 0.606 bits per heavy atom. The van der Waals surface area contributed by atoms with Gasteiger partial charge in [-0.05, 0) is 102 Å². The zero-order valence-corrected chi connectivity index (χ0v) is 65.6. The first kappa shape index (κ1) is 98.2. The molecule has 26 N–H and O–H groups in total. The largest absolute Gasteiger partial charge is 0.458 e. The number of nitrogens with zero attached hydrogens (tertiary/aromatic N) is 2. The molecule has 15 unspecified atom stereocenters. The van der Waals surface area contributed by atoms with Crippen LogP contribution in [-0.2, 0) is 86.2 Å². The van der Waals surface area contributed by atoms with Crippen LogP contribution in [-0.4, -0.2) is 273 Å². The van der Waals surface area contributed by atoms with E-state index in [1.165, 1.54) is 20.8 Å². The molecule has 22 atom stereocenters. The number of hydrogen-bond acceptors (Lipinski definition) is 25. The minimum Gasteiger partial charge on any atom is -0.458 e. The summed E-state index contributed by atoms with van der Waals surface area (Å²) in [6.07, 6.45) is -14.3. The number of cyclic esters (lactones) is 1. The number of aliphatic hydroxyl groups is 5. The van der Waals surface area contributed by atoms with E-state index < -0.39 is 259 Å². The van der Waals surface area contributed by atoms with Crippen LogP contribution in [0.3, 0.4) is 0 Å². The average molecular weight is 1560 g/mol. The van der Waals surface area contributed by atoms with Crippen LogP contribution in [0.2, 0.25) is 0 Å². The number of primary amides is 4. The number of amides is 15. The molecule has 15 amide bonds. The van der Waals surface area contributed by atoms with Gasteiger partial charge in [0, 0.05) is 40.1 Å². The first-order valence-electron chi connectivity index (χ1n) is 36.4. The SMILES string of the molecule is CCC(C)CC(C)C(O)C(C)C(=O)N[C@H](CN)C(=O)NC(C(O)C(O)C(=O)NC(C(=O)NC1C(=O)NC([C@@H](C)O)C(=O)N[C@H](CCCN)C(=O)NC(CC(C)C)C(=O)N(C)[C@@H](CCC(N)=O)C(=O)N[C@@H](C(OC)C(N)=O)C(=O)NC(CC(N)=O)C(=O)N(C)[C@@H](CC(C)C)C(=O)O[C@@H]1C)C(C)C(C)C(N)=O)C(C)(C)O. The van der Waals surface area contributed by atoms with Crippen molar-refractivity contribution < 1.29 is 112 Å². The molecule has 1 saturated heterocycles. The fourth-order valence-corrected chi connectivity index (χ4v) is 12.1. The molecule has 1 heterocycles. The minimum atomic E-state index is -2.75. The molecule has 0 aromatic heterocycles. The number of aliphatic hydroxyl groups excluding tert-OH is 4. The monoisotopic (exact) mass is 1560 g/mol. The molecule has 40 heteroatoms. The van der Waals surface area contributed by atoms with Crippen molar-refractivity contribution in [3.05, 3.63) is 0 Å². The molecule has 0 spiro atoms. The third-order valence-electron chi connectivity index (χ3n) is 19.3. The highest BCUT2D eigenvalue weighted by Crippen LogP contribution is 2.25. The number of ether oxygens (including phenoxy) is 2. The number of nitrogens with two attached hydrogens (primary N) is 6. The summed E-state index contributed by atoms with van der Waals surface area (Å²) in [5, 5.41) is 78.1. The van der Waals surface area contributed by atoms with Gasteiger partial charge in [0.05, 0.1) is 36.2 Å². The second-order valence-electron chi connectivity index (χ2n) is 29.8. The molecule has 622 valence electrons. The Labute approximate surface area is 635 Å². The summed E-state index contributed by atoms with van der Waals surface area (Å²) in [6, 6.07) is -21.6. The van der Waals surface area contributed by atoms with Crippen LogP contribution in [0.25, 0.3) is 0 Å². The standard InChI is InChI=1S/C69H123N17O23/c1-18-31(6)26-32(7)50(90)35(10)57(95)79-41(28-71)59(97)84-54(69(13,14)107)51(91)52(92)65(103)80-46(33(8)34(9)55(74)93)61(99)82-48-37(12)109-68(106)43(25-30(4)5)86(16)67(105)40(27-45(73)89)78-64(102)49(53(108-17)56(75)94)83-60(98)42(21-22-44(72)88)85(15)66(104)39(24-29(2)3)77-58(96)38(20-19-23-70)76-62(100)47(36(11)87)81-63(48)101/h29-43,46-54,87,90-92,107H,18-28,70-71H2,1-17H3,(H2,72,88)(H2,73,89)(H2,74,93)(H2,75,94)(H,76,100)(H,77,96)(H,78,102)(H,79,95)(H,80,103)(H,81,101)(H,82,99)(H,83,98)(H,84,97)/t31?,32?,33?,34?,35?,36-,37-,38-,39?,40?,41-,42+,43+,46?,47?,48?,49+,50?,51?,52?,53?,54?/m1/s1. The lowest BCUT2D eigenvalue weighted by Crippen LogP contribution is -2.66. The topological polar surface area (TPSA) is 664 Å². The second kappa shape index (κ2) is 45.4. The fraction of sp³-hybridized carbons (Fsp3) is 0.768. The molecule has 40 nitrogen and oxygen atoms in total. The van der Waals surface area contributed by atoms with E-state index in [1.54, 1.807) is 34.6 Å². The first-order valence-corrected chi connectivity index (χ1v) is 36.4. The van der Waals surface area contributed by atoms with E-state index in [0.29, 0.717) is 11.3 Å². The number of nitrogens with one attached hydrogen (secondary N) is 9. The number of carbonyl (C=O) groups is 16. The maximum absolute atomic E-state index is 15.2. The van der Waals surface area contributed by atoms with Crippen molar-refractivity contribution in [1.29, 1.82) is 0 Å². The summed E-state index contributed by atoms with van der Waals surface area (Å²) in [5.74, 6) is -25.4. The van der Waals surface area contributed by atoms with Crippen molar-refractivity contribution in [2.24, 2.45) is 75.8 Å². The zero-order valence-electron chi connectivity index (χ0n) is 65.6. The van der Waals surface area contributed by atoms with Crippen LogP contribution in [0.4, 0.5) is 0 Å². The zero-order chi connectivity index (χ0) is 84.3. The Hall–Kier alpha value is -8.80. The summed E-state index contributed by atoms with van der Waals surface area (Å²) in [5.41, 5.74) is 32.0. The van der Waals surface area contributed by atoms with Crippen LogP contribution < -0.4 is 82.3 Å². The van der Waals surface area contributed by atoms with Crippen molar-refractivity contribution in [2.75, 3.05) is 34.3 Å². The molecular weight excluding hydrogens is 1430 g/mol. The van der Waals surface area contributed by atoms with Gasteiger partial charge >= 0.3 is 5.97 Å². The molecule has 0 aromatic carbocycles. The second-order valence-corrected chi connectivity index (χ2v) is 29.8. The number of carbonyl (C=O) groups excluding carboxylic acids is 16. The predicted molar refractivity (Wildman–Crippen MR) is 390 cm³/mol. The summed E-state index contributed by atoms with van der Waals surface area (Å²) in [7, 11) is 2.99. The predicted octanol–water partition coefficient (Wildman–Crippen LogP) is -7.92. The molecule has 0 bridgehead atoms. The van der Waals surface area contributed by atoms with Crippen LogP contribution in [0.5, 0.6) is 0 Å². The van der Waals surface area contributed by atoms with Crippen LogP contribution in [0.15, 0.2) is 0 Å². The average Bonchev–Trinajstić information content (AvgIpc) is 1.04. The number of esters is 1. The number of likely N-dealkylation sites (N-methyl/N-ethyl adjacent to an activating group) is 2. The van der Waals surface area contributed by atoms with Crippen molar-refractivity contribution >= 4 is 94.6 Å². The number of hydrogen-bond donors (Lipinski definition) is 20. The smallest absolute Gasteiger partial charge is 0.329 e. The molecule has 1 rings (SSSR count). The Bertz CT molecular complexity index is 3160. The Kier molecular flexibility index (Phi) is 40.9. The van der Waals surface area contributed by atoms with Gasteiger partial charge in [-0.2, -0.15) is 0 Å². The molecule has 1 fully saturated rings. The molecule has 109 heavy (non-hydrogen) atoms. The highest BCUT2D eigenvalue weighted by molar-refractivity contribution is 6.01. The Morgan fingerprint density at radius 3 is 1.62 bits per heavy atom. The maximum Gasteiger partial charge on any atom is 0.329 e. The van der Waals surface area contributed by atoms with Crippen molar-refractivity contribution in [2.45, 2.75) is 263 Å². The van der Waals surface area contributed by atoms with Gasteiger partial charge in [0.2, 0.25) is 82.7 Å². The number of rotatable bonds is 36. The van der Waals surface area contributed by atoms with Gasteiger partial charge in [-0.25, -0.2) is 4.79 Å². The van der Waals surface area contributed by atoms with Gasteiger partial charge in [-0.15, -0.1) is 0 Å². The lowest BCUT2D eigenvalue weighted by atomic mass is 9.85. The van der Waals surface area contributed by atoms with E-state index in [4.69, 9.17) is 43.9 Å². The lowest BCUT2D eigenvalue weighted by Gasteiger charge is -2.37. The minimum absolute atomic E-state index is 0.0123. The third kappa shape index (κ3) is 30.2. The molecule has 0 aromatic rings. The fourth-order valence-electron chi connectivity index (χ4n) is 12.1. The molecular formula is C69H123N17O23. The van der Waals surface area contributed by atoms with E-state index >= 15 is 9.59 Å². The van der Waals surface area contributed by atoms with Crippen LogP contribution in [0, 0.1) is 41.4 Å². The molecule has 0 saturated carbocycles. The van der Waals surface area contributed by atoms with E-state index in [0.717, 1.165) is 60.2 Å². The third-order valence-corrected chi connectivity index (χ3v) is 19.3. The number of methoxy groups -OCH3 is 1. The molecule has 1 aliphatic rings. The highest BCUT2D eigenvalue weighted by Gasteiger charge is 2.47. The quantitative estimate of drug-likeness (QED) is 0.0259. The lowest BCUT2D eigenvalue weighted by molar-refractivity contribution is -0.162. The van der Waals surface area contributed by atoms with Gasteiger partial charge in [-0.1, -0.05) is 75.7 Å². The Morgan fingerprint density at radius 2 is 1.14 bits per heavy atom. The summed E-state index contributed by atoms with van der Waals surface area (Å²) >= 11 is 0. The van der Waals surface area contributed by atoms with E-state index in [2.05, 4.69) is 47.9 Å². The highest BCUT2D eigenvalue weighted by atomic mass is 16.5. The van der Waals surface area contributed by atoms with Crippen molar-refractivity contribution in [3.63, 3.8) is 0 Å².